The van der Waals surface area contributed by atoms with Crippen molar-refractivity contribution in [2.24, 2.45) is 0 Å². The van der Waals surface area contributed by atoms with Crippen LogP contribution in [0.3, 0.4) is 0 Å². The molecular formula is C25H32N6O3. The van der Waals surface area contributed by atoms with Gasteiger partial charge in [-0.25, -0.2) is 4.68 Å². The molecule has 9 heteroatoms. The van der Waals surface area contributed by atoms with E-state index in [1.165, 1.54) is 19.3 Å². The maximum Gasteiger partial charge on any atom is 0.224 e. The molecule has 0 saturated carbocycles. The lowest BCUT2D eigenvalue weighted by Gasteiger charge is -2.27. The number of carbonyl (C=O) groups excluding carboxylic acids is 1. The first-order valence-corrected chi connectivity index (χ1v) is 11.7. The summed E-state index contributed by atoms with van der Waals surface area (Å²) in [5.41, 5.74) is 3.46. The Morgan fingerprint density at radius 1 is 1.00 bits per heavy atom. The minimum Gasteiger partial charge on any atom is -0.497 e. The van der Waals surface area contributed by atoms with Crippen LogP contribution < -0.4 is 19.7 Å². The van der Waals surface area contributed by atoms with Crippen molar-refractivity contribution in [3.63, 3.8) is 0 Å². The number of rotatable bonds is 8. The zero-order valence-corrected chi connectivity index (χ0v) is 20.3. The zero-order valence-electron chi connectivity index (χ0n) is 20.3. The Kier molecular flexibility index (Phi) is 7.30. The smallest absolute Gasteiger partial charge is 0.224 e. The molecule has 1 aromatic carbocycles. The molecule has 1 fully saturated rings. The average Bonchev–Trinajstić information content (AvgIpc) is 3.16. The molecule has 4 rings (SSSR count). The van der Waals surface area contributed by atoms with Crippen LogP contribution in [-0.2, 0) is 11.2 Å². The highest BCUT2D eigenvalue weighted by Crippen LogP contribution is 2.29. The number of piperidine rings is 1. The minimum atomic E-state index is -0.108. The Balaban J connectivity index is 1.43. The number of hydrogen-bond acceptors (Lipinski definition) is 7. The molecule has 2 aromatic heterocycles. The molecule has 1 amide bonds. The number of amides is 1. The lowest BCUT2D eigenvalue weighted by atomic mass is 10.1. The van der Waals surface area contributed by atoms with Gasteiger partial charge in [0.15, 0.2) is 11.6 Å². The molecule has 34 heavy (non-hydrogen) atoms. The monoisotopic (exact) mass is 464 g/mol. The number of hydrogen-bond donors (Lipinski definition) is 1. The van der Waals surface area contributed by atoms with Crippen molar-refractivity contribution in [3.05, 3.63) is 47.3 Å². The van der Waals surface area contributed by atoms with Crippen LogP contribution in [0.2, 0.25) is 0 Å². The van der Waals surface area contributed by atoms with Crippen LogP contribution in [0.15, 0.2) is 30.3 Å². The molecule has 3 heterocycles. The molecular weight excluding hydrogens is 432 g/mol. The van der Waals surface area contributed by atoms with Crippen molar-refractivity contribution in [2.45, 2.75) is 46.0 Å². The number of anilines is 2. The van der Waals surface area contributed by atoms with Crippen LogP contribution in [0, 0.1) is 13.8 Å². The highest BCUT2D eigenvalue weighted by atomic mass is 16.5. The lowest BCUT2D eigenvalue weighted by molar-refractivity contribution is -0.116. The van der Waals surface area contributed by atoms with Gasteiger partial charge in [-0.15, -0.1) is 10.2 Å². The van der Waals surface area contributed by atoms with Gasteiger partial charge in [-0.2, -0.15) is 5.10 Å². The minimum absolute atomic E-state index is 0.108. The summed E-state index contributed by atoms with van der Waals surface area (Å²) in [7, 11) is 3.16. The Morgan fingerprint density at radius 3 is 2.41 bits per heavy atom. The fourth-order valence-corrected chi connectivity index (χ4v) is 4.35. The molecule has 1 N–H and O–H groups in total. The number of methoxy groups -OCH3 is 2. The van der Waals surface area contributed by atoms with E-state index in [2.05, 4.69) is 25.5 Å². The fourth-order valence-electron chi connectivity index (χ4n) is 4.35. The van der Waals surface area contributed by atoms with Crippen molar-refractivity contribution in [1.29, 1.82) is 0 Å². The van der Waals surface area contributed by atoms with E-state index in [0.29, 0.717) is 35.8 Å². The maximum absolute atomic E-state index is 12.7. The van der Waals surface area contributed by atoms with E-state index in [4.69, 9.17) is 9.47 Å². The molecule has 1 saturated heterocycles. The average molecular weight is 465 g/mol. The fraction of sp³-hybridized carbons (Fsp3) is 0.440. The summed E-state index contributed by atoms with van der Waals surface area (Å²) in [5.74, 6) is 2.72. The first-order valence-electron chi connectivity index (χ1n) is 11.7. The summed E-state index contributed by atoms with van der Waals surface area (Å²) < 4.78 is 12.4. The second kappa shape index (κ2) is 10.5. The number of nitrogens with one attached hydrogen (secondary N) is 1. The van der Waals surface area contributed by atoms with E-state index in [9.17, 15) is 4.79 Å². The zero-order chi connectivity index (χ0) is 24.1. The number of carbonyl (C=O) groups is 1. The molecule has 0 radical (unpaired) electrons. The van der Waals surface area contributed by atoms with Crippen molar-refractivity contribution in [3.8, 4) is 17.3 Å². The Morgan fingerprint density at radius 2 is 1.74 bits per heavy atom. The van der Waals surface area contributed by atoms with Gasteiger partial charge in [0.05, 0.1) is 25.6 Å². The first kappa shape index (κ1) is 23.5. The number of ether oxygens (including phenoxy) is 2. The SMILES string of the molecule is COc1ccc(OC)c(NC(=O)CCc2c(C)nn(-c3ccc(N4CCCCC4)nn3)c2C)c1. The van der Waals surface area contributed by atoms with Gasteiger partial charge in [0.1, 0.15) is 11.5 Å². The molecule has 0 aliphatic carbocycles. The van der Waals surface area contributed by atoms with Crippen LogP contribution in [0.1, 0.15) is 42.6 Å². The summed E-state index contributed by atoms with van der Waals surface area (Å²) in [6.45, 7) is 6.01. The van der Waals surface area contributed by atoms with E-state index in [0.717, 1.165) is 35.9 Å². The summed E-state index contributed by atoms with van der Waals surface area (Å²) in [4.78, 5) is 15.0. The molecule has 180 valence electrons. The van der Waals surface area contributed by atoms with E-state index in [1.54, 1.807) is 37.1 Å². The molecule has 9 nitrogen and oxygen atoms in total. The van der Waals surface area contributed by atoms with E-state index in [-0.39, 0.29) is 5.91 Å². The van der Waals surface area contributed by atoms with Crippen LogP contribution >= 0.6 is 0 Å². The summed E-state index contributed by atoms with van der Waals surface area (Å²) >= 11 is 0. The van der Waals surface area contributed by atoms with Gasteiger partial charge >= 0.3 is 0 Å². The normalized spacial score (nSPS) is 13.6. The lowest BCUT2D eigenvalue weighted by Crippen LogP contribution is -2.30. The Hall–Kier alpha value is -3.62. The van der Waals surface area contributed by atoms with Gasteiger partial charge in [0.25, 0.3) is 0 Å². The van der Waals surface area contributed by atoms with Gasteiger partial charge in [0.2, 0.25) is 5.91 Å². The van der Waals surface area contributed by atoms with Crippen LogP contribution in [-0.4, -0.2) is 53.2 Å². The second-order valence-electron chi connectivity index (χ2n) is 8.47. The van der Waals surface area contributed by atoms with Gasteiger partial charge in [-0.1, -0.05) is 0 Å². The third-order valence-corrected chi connectivity index (χ3v) is 6.26. The molecule has 1 aliphatic heterocycles. The third kappa shape index (κ3) is 5.13. The number of aryl methyl sites for hydroxylation is 1. The molecule has 0 bridgehead atoms. The Bertz CT molecular complexity index is 1140. The number of nitrogens with zero attached hydrogens (tertiary/aromatic N) is 5. The van der Waals surface area contributed by atoms with E-state index < -0.39 is 0 Å². The third-order valence-electron chi connectivity index (χ3n) is 6.26. The molecule has 1 aliphatic rings. The van der Waals surface area contributed by atoms with Crippen LogP contribution in [0.4, 0.5) is 11.5 Å². The van der Waals surface area contributed by atoms with Crippen LogP contribution in [0.5, 0.6) is 11.5 Å². The topological polar surface area (TPSA) is 94.4 Å². The molecule has 0 atom stereocenters. The van der Waals surface area contributed by atoms with Crippen LogP contribution in [0.25, 0.3) is 5.82 Å². The summed E-state index contributed by atoms with van der Waals surface area (Å²) in [6.07, 6.45) is 4.55. The number of aromatic nitrogens is 4. The first-order chi connectivity index (χ1) is 16.5. The summed E-state index contributed by atoms with van der Waals surface area (Å²) in [5, 5.41) is 16.5. The maximum atomic E-state index is 12.7. The molecule has 0 unspecified atom stereocenters. The van der Waals surface area contributed by atoms with E-state index >= 15 is 0 Å². The van der Waals surface area contributed by atoms with Gasteiger partial charge < -0.3 is 19.7 Å². The quantitative estimate of drug-likeness (QED) is 0.541. The largest absolute Gasteiger partial charge is 0.497 e. The van der Waals surface area contributed by atoms with Gasteiger partial charge in [-0.3, -0.25) is 4.79 Å². The van der Waals surface area contributed by atoms with Crippen molar-refractivity contribution >= 4 is 17.4 Å². The van der Waals surface area contributed by atoms with Gasteiger partial charge in [0, 0.05) is 31.3 Å². The highest BCUT2D eigenvalue weighted by molar-refractivity contribution is 5.92. The second-order valence-corrected chi connectivity index (χ2v) is 8.47. The van der Waals surface area contributed by atoms with E-state index in [1.807, 2.05) is 26.0 Å². The van der Waals surface area contributed by atoms with Crippen molar-refractivity contribution < 1.29 is 14.3 Å². The Labute approximate surface area is 200 Å². The predicted octanol–water partition coefficient (Wildman–Crippen LogP) is 3.86. The standard InChI is InChI=1S/C25H32N6O3/c1-17-20(9-13-25(32)26-21-16-19(33-3)8-10-22(21)34-4)18(2)31(29-17)24-12-11-23(27-28-24)30-14-6-5-7-15-30/h8,10-12,16H,5-7,9,13-15H2,1-4H3,(H,26,32). The highest BCUT2D eigenvalue weighted by Gasteiger charge is 2.17. The molecule has 3 aromatic rings. The predicted molar refractivity (Wildman–Crippen MR) is 131 cm³/mol. The van der Waals surface area contributed by atoms with Crippen molar-refractivity contribution in [1.82, 2.24) is 20.0 Å². The van der Waals surface area contributed by atoms with Crippen molar-refractivity contribution in [2.75, 3.05) is 37.5 Å². The summed E-state index contributed by atoms with van der Waals surface area (Å²) in [6, 6.07) is 9.28. The molecule has 0 spiro atoms. The number of benzene rings is 1. The van der Waals surface area contributed by atoms with Gasteiger partial charge in [-0.05, 0) is 69.4 Å².